The van der Waals surface area contributed by atoms with Crippen LogP contribution in [-0.2, 0) is 33.2 Å². The smallest absolute Gasteiger partial charge is 0.234 e. The number of carbonyl (C=O) groups excluding carboxylic acids is 1. The van der Waals surface area contributed by atoms with Crippen LogP contribution in [0.3, 0.4) is 0 Å². The molecule has 0 aliphatic carbocycles. The molecular formula is C16H30N2O7. The maximum Gasteiger partial charge on any atom is 0.234 e. The Balaban J connectivity index is 3.03. The summed E-state index contributed by atoms with van der Waals surface area (Å²) in [6.45, 7) is 5.97. The van der Waals surface area contributed by atoms with Crippen molar-refractivity contribution in [3.8, 4) is 6.07 Å². The van der Waals surface area contributed by atoms with Crippen molar-refractivity contribution in [2.75, 3.05) is 86.3 Å². The first-order valence-corrected chi connectivity index (χ1v) is 8.32. The molecule has 9 nitrogen and oxygen atoms in total. The van der Waals surface area contributed by atoms with E-state index in [0.29, 0.717) is 79.2 Å². The van der Waals surface area contributed by atoms with Gasteiger partial charge < -0.3 is 33.7 Å². The minimum absolute atomic E-state index is 0.129. The molecule has 0 aromatic heterocycles. The molecule has 0 radical (unpaired) electrons. The molecule has 0 saturated carbocycles. The first-order chi connectivity index (χ1) is 12.3. The molecule has 0 aliphatic heterocycles. The van der Waals surface area contributed by atoms with Gasteiger partial charge in [-0.3, -0.25) is 4.79 Å². The Morgan fingerprint density at radius 1 is 0.760 bits per heavy atom. The van der Waals surface area contributed by atoms with E-state index in [2.05, 4.69) is 5.32 Å². The highest BCUT2D eigenvalue weighted by Gasteiger charge is 1.98. The number of hydrogen-bond acceptors (Lipinski definition) is 8. The Hall–Kier alpha value is -1.28. The van der Waals surface area contributed by atoms with E-state index in [1.54, 1.807) is 13.2 Å². The van der Waals surface area contributed by atoms with E-state index < -0.39 is 0 Å². The van der Waals surface area contributed by atoms with Crippen LogP contribution in [-0.4, -0.2) is 92.2 Å². The first kappa shape index (κ1) is 23.7. The number of ether oxygens (including phenoxy) is 6. The summed E-state index contributed by atoms with van der Waals surface area (Å²) >= 11 is 0. The van der Waals surface area contributed by atoms with Crippen LogP contribution >= 0.6 is 0 Å². The van der Waals surface area contributed by atoms with Crippen LogP contribution < -0.4 is 5.32 Å². The molecule has 0 atom stereocenters. The zero-order chi connectivity index (χ0) is 18.4. The highest BCUT2D eigenvalue weighted by molar-refractivity contribution is 5.77. The number of methoxy groups -OCH3 is 1. The Kier molecular flexibility index (Phi) is 19.7. The summed E-state index contributed by atoms with van der Waals surface area (Å²) in [7, 11) is 1.63. The van der Waals surface area contributed by atoms with Gasteiger partial charge in [0, 0.05) is 13.7 Å². The van der Waals surface area contributed by atoms with Crippen molar-refractivity contribution in [3.05, 3.63) is 0 Å². The second-order valence-electron chi connectivity index (χ2n) is 4.74. The zero-order valence-corrected chi connectivity index (χ0v) is 15.0. The van der Waals surface area contributed by atoms with Crippen LogP contribution in [0.15, 0.2) is 0 Å². The summed E-state index contributed by atoms with van der Waals surface area (Å²) in [4.78, 5) is 11.0. The summed E-state index contributed by atoms with van der Waals surface area (Å²) in [5, 5.41) is 10.9. The lowest BCUT2D eigenvalue weighted by Gasteiger charge is -2.08. The Bertz CT molecular complexity index is 337. The molecule has 146 valence electrons. The summed E-state index contributed by atoms with van der Waals surface area (Å²) in [5.41, 5.74) is 0. The fourth-order valence-electron chi connectivity index (χ4n) is 1.52. The Labute approximate surface area is 149 Å². The molecule has 0 rings (SSSR count). The van der Waals surface area contributed by atoms with Gasteiger partial charge in [0.15, 0.2) is 0 Å². The van der Waals surface area contributed by atoms with Crippen molar-refractivity contribution >= 4 is 5.91 Å². The number of nitrogens with zero attached hydrogens (tertiary/aromatic N) is 1. The molecule has 0 aromatic carbocycles. The van der Waals surface area contributed by atoms with Gasteiger partial charge in [-0.1, -0.05) is 0 Å². The predicted octanol–water partition coefficient (Wildman–Crippen LogP) is -0.254. The van der Waals surface area contributed by atoms with Gasteiger partial charge in [0.05, 0.1) is 78.7 Å². The van der Waals surface area contributed by atoms with Gasteiger partial charge >= 0.3 is 0 Å². The molecule has 0 spiro atoms. The van der Waals surface area contributed by atoms with Gasteiger partial charge in [-0.15, -0.1) is 0 Å². The van der Waals surface area contributed by atoms with Crippen molar-refractivity contribution < 1.29 is 33.2 Å². The summed E-state index contributed by atoms with van der Waals surface area (Å²) in [5.74, 6) is -0.290. The highest BCUT2D eigenvalue weighted by Crippen LogP contribution is 1.84. The number of nitriles is 1. The standard InChI is InChI=1S/C16H30N2O7/c1-20-6-7-22-10-11-24-14-15-25-13-12-23-9-8-21-5-4-18-16(19)2-3-17/h2,4-15H2,1H3,(H,18,19). The van der Waals surface area contributed by atoms with Gasteiger partial charge in [-0.05, 0) is 0 Å². The third-order valence-corrected chi connectivity index (χ3v) is 2.73. The molecular weight excluding hydrogens is 332 g/mol. The van der Waals surface area contributed by atoms with Gasteiger partial charge in [0.2, 0.25) is 5.91 Å². The van der Waals surface area contributed by atoms with E-state index in [-0.39, 0.29) is 12.3 Å². The minimum atomic E-state index is -0.290. The quantitative estimate of drug-likeness (QED) is 0.313. The molecule has 1 amide bonds. The maximum atomic E-state index is 11.0. The van der Waals surface area contributed by atoms with Crippen molar-refractivity contribution in [1.29, 1.82) is 5.26 Å². The van der Waals surface area contributed by atoms with E-state index >= 15 is 0 Å². The molecule has 0 unspecified atom stereocenters. The van der Waals surface area contributed by atoms with Crippen LogP contribution in [0.4, 0.5) is 0 Å². The number of rotatable bonds is 19. The Morgan fingerprint density at radius 2 is 1.16 bits per heavy atom. The normalized spacial score (nSPS) is 10.6. The van der Waals surface area contributed by atoms with Crippen molar-refractivity contribution in [3.63, 3.8) is 0 Å². The van der Waals surface area contributed by atoms with Crippen LogP contribution in [0.25, 0.3) is 0 Å². The average molecular weight is 362 g/mol. The molecule has 0 bridgehead atoms. The molecule has 0 fully saturated rings. The van der Waals surface area contributed by atoms with Crippen molar-refractivity contribution in [2.45, 2.75) is 6.42 Å². The topological polar surface area (TPSA) is 108 Å². The molecule has 0 aliphatic rings. The van der Waals surface area contributed by atoms with Crippen LogP contribution in [0.1, 0.15) is 6.42 Å². The lowest BCUT2D eigenvalue weighted by atomic mass is 10.4. The zero-order valence-electron chi connectivity index (χ0n) is 15.0. The monoisotopic (exact) mass is 362 g/mol. The third kappa shape index (κ3) is 20.7. The van der Waals surface area contributed by atoms with Crippen molar-refractivity contribution in [1.82, 2.24) is 5.32 Å². The molecule has 1 N–H and O–H groups in total. The molecule has 25 heavy (non-hydrogen) atoms. The molecule has 9 heteroatoms. The number of nitrogens with one attached hydrogen (secondary N) is 1. The predicted molar refractivity (Wildman–Crippen MR) is 89.2 cm³/mol. The van der Waals surface area contributed by atoms with E-state index in [0.717, 1.165) is 0 Å². The van der Waals surface area contributed by atoms with E-state index in [1.807, 2.05) is 0 Å². The van der Waals surface area contributed by atoms with Crippen LogP contribution in [0.5, 0.6) is 0 Å². The molecule has 0 heterocycles. The lowest BCUT2D eigenvalue weighted by molar-refractivity contribution is -0.120. The van der Waals surface area contributed by atoms with Gasteiger partial charge in [0.25, 0.3) is 0 Å². The number of hydrogen-bond donors (Lipinski definition) is 1. The van der Waals surface area contributed by atoms with Gasteiger partial charge in [0.1, 0.15) is 6.42 Å². The van der Waals surface area contributed by atoms with E-state index in [4.69, 9.17) is 33.7 Å². The maximum absolute atomic E-state index is 11.0. The van der Waals surface area contributed by atoms with Gasteiger partial charge in [-0.25, -0.2) is 0 Å². The summed E-state index contributed by atoms with van der Waals surface area (Å²) < 4.78 is 31.4. The largest absolute Gasteiger partial charge is 0.382 e. The van der Waals surface area contributed by atoms with Crippen LogP contribution in [0.2, 0.25) is 0 Å². The molecule has 0 saturated heterocycles. The fourth-order valence-corrected chi connectivity index (χ4v) is 1.52. The first-order valence-electron chi connectivity index (χ1n) is 8.32. The van der Waals surface area contributed by atoms with Crippen LogP contribution in [0, 0.1) is 11.3 Å². The Morgan fingerprint density at radius 3 is 1.56 bits per heavy atom. The second kappa shape index (κ2) is 20.8. The molecule has 0 aromatic rings. The SMILES string of the molecule is COCCOCCOCCOCCOCCOCCNC(=O)CC#N. The second-order valence-corrected chi connectivity index (χ2v) is 4.74. The third-order valence-electron chi connectivity index (χ3n) is 2.73. The highest BCUT2D eigenvalue weighted by atomic mass is 16.6. The number of amides is 1. The lowest BCUT2D eigenvalue weighted by Crippen LogP contribution is -2.27. The van der Waals surface area contributed by atoms with E-state index in [1.165, 1.54) is 0 Å². The number of carbonyl (C=O) groups is 1. The van der Waals surface area contributed by atoms with Gasteiger partial charge in [-0.2, -0.15) is 5.26 Å². The fraction of sp³-hybridized carbons (Fsp3) is 0.875. The average Bonchev–Trinajstić information content (AvgIpc) is 2.61. The van der Waals surface area contributed by atoms with E-state index in [9.17, 15) is 4.79 Å². The summed E-state index contributed by atoms with van der Waals surface area (Å²) in [6, 6.07) is 1.77. The summed E-state index contributed by atoms with van der Waals surface area (Å²) in [6.07, 6.45) is -0.129. The minimum Gasteiger partial charge on any atom is -0.382 e. The van der Waals surface area contributed by atoms with Crippen molar-refractivity contribution in [2.24, 2.45) is 0 Å².